The molecule has 4 rings (SSSR count). The third-order valence-corrected chi connectivity index (χ3v) is 5.58. The number of fused-ring (bicyclic) bond motifs is 1. The zero-order valence-corrected chi connectivity index (χ0v) is 16.7. The molecule has 8 heteroatoms. The Kier molecular flexibility index (Phi) is 5.09. The molecular weight excluding hydrogens is 388 g/mol. The molecule has 0 aliphatic carbocycles. The molecule has 1 aromatic heterocycles. The summed E-state index contributed by atoms with van der Waals surface area (Å²) in [6.07, 6.45) is 0. The first-order chi connectivity index (χ1) is 14.0. The van der Waals surface area contributed by atoms with Crippen LogP contribution < -0.4 is 15.5 Å². The van der Waals surface area contributed by atoms with Crippen molar-refractivity contribution in [2.75, 3.05) is 11.9 Å². The molecule has 2 heterocycles. The van der Waals surface area contributed by atoms with Crippen molar-refractivity contribution in [1.29, 1.82) is 0 Å². The number of carbonyl (C=O) groups is 2. The summed E-state index contributed by atoms with van der Waals surface area (Å²) in [6.45, 7) is 3.59. The summed E-state index contributed by atoms with van der Waals surface area (Å²) < 4.78 is 5.35. The Bertz CT molecular complexity index is 1120. The van der Waals surface area contributed by atoms with E-state index in [9.17, 15) is 9.59 Å². The predicted octanol–water partition coefficient (Wildman–Crippen LogP) is 3.60. The summed E-state index contributed by atoms with van der Waals surface area (Å²) in [7, 11) is 0. The van der Waals surface area contributed by atoms with Gasteiger partial charge in [0.15, 0.2) is 6.61 Å². The first kappa shape index (κ1) is 18.8. The molecule has 3 aromatic rings. The number of hydrogen-bond acceptors (Lipinski definition) is 6. The number of hydrazone groups is 1. The quantitative estimate of drug-likeness (QED) is 0.511. The lowest BCUT2D eigenvalue weighted by Crippen LogP contribution is -2.25. The molecule has 2 amide bonds. The van der Waals surface area contributed by atoms with Gasteiger partial charge in [-0.15, -0.1) is 11.3 Å². The molecule has 0 bridgehead atoms. The van der Waals surface area contributed by atoms with Gasteiger partial charge in [0.1, 0.15) is 15.6 Å². The number of aryl methyl sites for hydroxylation is 1. The maximum Gasteiger partial charge on any atom is 0.283 e. The molecule has 0 unspecified atom stereocenters. The summed E-state index contributed by atoms with van der Waals surface area (Å²) in [4.78, 5) is 29.1. The number of benzene rings is 2. The largest absolute Gasteiger partial charge is 0.482 e. The number of nitrogens with zero attached hydrogens (tertiary/aromatic N) is 2. The molecule has 1 aliphatic rings. The van der Waals surface area contributed by atoms with E-state index in [2.05, 4.69) is 20.8 Å². The van der Waals surface area contributed by atoms with Crippen LogP contribution in [-0.4, -0.2) is 29.1 Å². The third kappa shape index (κ3) is 4.02. The van der Waals surface area contributed by atoms with E-state index in [1.54, 1.807) is 26.0 Å². The van der Waals surface area contributed by atoms with Crippen LogP contribution in [-0.2, 0) is 4.79 Å². The second-order valence-corrected chi connectivity index (χ2v) is 7.48. The smallest absolute Gasteiger partial charge is 0.283 e. The number of ether oxygens (including phenoxy) is 1. The average Bonchev–Trinajstić information content (AvgIpc) is 3.13. The summed E-state index contributed by atoms with van der Waals surface area (Å²) in [5, 5.41) is 7.75. The van der Waals surface area contributed by atoms with Crippen LogP contribution >= 0.6 is 11.3 Å². The number of aromatic nitrogens is 1. The minimum absolute atomic E-state index is 0.00858. The summed E-state index contributed by atoms with van der Waals surface area (Å²) in [5.41, 5.74) is 6.18. The van der Waals surface area contributed by atoms with Gasteiger partial charge in [-0.2, -0.15) is 5.10 Å². The van der Waals surface area contributed by atoms with Gasteiger partial charge in [-0.1, -0.05) is 30.3 Å². The highest BCUT2D eigenvalue weighted by molar-refractivity contribution is 7.17. The van der Waals surface area contributed by atoms with Crippen molar-refractivity contribution in [1.82, 2.24) is 10.4 Å². The molecule has 0 atom stereocenters. The zero-order chi connectivity index (χ0) is 20.4. The summed E-state index contributed by atoms with van der Waals surface area (Å²) in [5.74, 6) is 0.0995. The number of anilines is 1. The Morgan fingerprint density at radius 1 is 1.24 bits per heavy atom. The van der Waals surface area contributed by atoms with Gasteiger partial charge in [-0.25, -0.2) is 10.4 Å². The van der Waals surface area contributed by atoms with Crippen molar-refractivity contribution < 1.29 is 14.3 Å². The highest BCUT2D eigenvalue weighted by atomic mass is 32.1. The Balaban J connectivity index is 1.50. The molecule has 29 heavy (non-hydrogen) atoms. The maximum atomic E-state index is 12.6. The number of amides is 2. The van der Waals surface area contributed by atoms with Crippen LogP contribution in [0.25, 0.3) is 10.6 Å². The van der Waals surface area contributed by atoms with E-state index in [1.165, 1.54) is 11.3 Å². The van der Waals surface area contributed by atoms with Crippen molar-refractivity contribution in [3.8, 4) is 16.3 Å². The fourth-order valence-electron chi connectivity index (χ4n) is 2.87. The number of rotatable bonds is 4. The van der Waals surface area contributed by atoms with Crippen LogP contribution in [0.3, 0.4) is 0 Å². The van der Waals surface area contributed by atoms with Crippen molar-refractivity contribution in [3.63, 3.8) is 0 Å². The van der Waals surface area contributed by atoms with Gasteiger partial charge in [-0.05, 0) is 37.6 Å². The topological polar surface area (TPSA) is 92.7 Å². The van der Waals surface area contributed by atoms with Crippen LogP contribution in [0.5, 0.6) is 5.75 Å². The van der Waals surface area contributed by atoms with Gasteiger partial charge in [0.2, 0.25) is 0 Å². The molecule has 7 nitrogen and oxygen atoms in total. The molecule has 146 valence electrons. The van der Waals surface area contributed by atoms with E-state index in [4.69, 9.17) is 4.74 Å². The highest BCUT2D eigenvalue weighted by Crippen LogP contribution is 2.29. The molecule has 0 saturated carbocycles. The second kappa shape index (κ2) is 7.84. The molecule has 2 aromatic carbocycles. The predicted molar refractivity (Wildman–Crippen MR) is 113 cm³/mol. The highest BCUT2D eigenvalue weighted by Gasteiger charge is 2.18. The average molecular weight is 406 g/mol. The Hall–Kier alpha value is -3.52. The SMILES string of the molecule is C/C(=N/NC(=O)c1sc(-c2ccccc2)nc1C)c1ccc2c(c1)NC(=O)CO2. The van der Waals surface area contributed by atoms with Crippen LogP contribution in [0.15, 0.2) is 53.6 Å². The number of carbonyl (C=O) groups excluding carboxylic acids is 2. The fraction of sp³-hybridized carbons (Fsp3) is 0.143. The molecule has 0 fully saturated rings. The second-order valence-electron chi connectivity index (χ2n) is 6.49. The summed E-state index contributed by atoms with van der Waals surface area (Å²) >= 11 is 1.33. The van der Waals surface area contributed by atoms with E-state index in [-0.39, 0.29) is 18.4 Å². The van der Waals surface area contributed by atoms with Crippen LogP contribution in [0.2, 0.25) is 0 Å². The lowest BCUT2D eigenvalue weighted by atomic mass is 10.1. The number of hydrogen-bond donors (Lipinski definition) is 2. The monoisotopic (exact) mass is 406 g/mol. The van der Waals surface area contributed by atoms with Crippen LogP contribution in [0.1, 0.15) is 27.9 Å². The molecular formula is C21H18N4O3S. The van der Waals surface area contributed by atoms with Crippen molar-refractivity contribution in [3.05, 3.63) is 64.7 Å². The van der Waals surface area contributed by atoms with E-state index >= 15 is 0 Å². The number of nitrogens with one attached hydrogen (secondary N) is 2. The first-order valence-corrected chi connectivity index (χ1v) is 9.77. The van der Waals surface area contributed by atoms with Crippen molar-refractivity contribution in [2.45, 2.75) is 13.8 Å². The lowest BCUT2D eigenvalue weighted by Gasteiger charge is -2.18. The van der Waals surface area contributed by atoms with E-state index in [0.717, 1.165) is 16.1 Å². The van der Waals surface area contributed by atoms with Crippen LogP contribution in [0, 0.1) is 6.92 Å². The normalized spacial score (nSPS) is 13.3. The van der Waals surface area contributed by atoms with E-state index in [1.807, 2.05) is 36.4 Å². The maximum absolute atomic E-state index is 12.6. The van der Waals surface area contributed by atoms with Gasteiger partial charge in [-0.3, -0.25) is 9.59 Å². The van der Waals surface area contributed by atoms with E-state index in [0.29, 0.717) is 27.7 Å². The zero-order valence-electron chi connectivity index (χ0n) is 15.9. The van der Waals surface area contributed by atoms with Crippen molar-refractivity contribution >= 4 is 34.6 Å². The van der Waals surface area contributed by atoms with Gasteiger partial charge >= 0.3 is 0 Å². The van der Waals surface area contributed by atoms with Crippen LogP contribution in [0.4, 0.5) is 5.69 Å². The molecule has 2 N–H and O–H groups in total. The molecule has 0 spiro atoms. The third-order valence-electron chi connectivity index (χ3n) is 4.38. The van der Waals surface area contributed by atoms with Gasteiger partial charge in [0, 0.05) is 5.56 Å². The minimum atomic E-state index is -0.309. The minimum Gasteiger partial charge on any atom is -0.482 e. The van der Waals surface area contributed by atoms with Crippen molar-refractivity contribution in [2.24, 2.45) is 5.10 Å². The van der Waals surface area contributed by atoms with Gasteiger partial charge < -0.3 is 10.1 Å². The Morgan fingerprint density at radius 2 is 2.03 bits per heavy atom. The first-order valence-electron chi connectivity index (χ1n) is 8.96. The molecule has 0 saturated heterocycles. The lowest BCUT2D eigenvalue weighted by molar-refractivity contribution is -0.118. The number of thiazole rings is 1. The fourth-order valence-corrected chi connectivity index (χ4v) is 3.83. The Morgan fingerprint density at radius 3 is 2.83 bits per heavy atom. The molecule has 0 radical (unpaired) electrons. The van der Waals surface area contributed by atoms with Gasteiger partial charge in [0.25, 0.3) is 11.8 Å². The summed E-state index contributed by atoms with van der Waals surface area (Å²) in [6, 6.07) is 15.1. The van der Waals surface area contributed by atoms with Gasteiger partial charge in [0.05, 0.1) is 17.1 Å². The Labute approximate surface area is 171 Å². The van der Waals surface area contributed by atoms with E-state index < -0.39 is 0 Å². The standard InChI is InChI=1S/C21H18N4O3S/c1-12(15-8-9-17-16(10-15)23-18(26)11-28-17)24-25-20(27)19-13(2)22-21(29-19)14-6-4-3-5-7-14/h3-10H,11H2,1-2H3,(H,23,26)(H,25,27)/b24-12-. The molecule has 1 aliphatic heterocycles.